The highest BCUT2D eigenvalue weighted by molar-refractivity contribution is 6.30. The number of halogens is 1. The topological polar surface area (TPSA) is 15.3 Å². The number of likely N-dealkylation sites (tertiary alicyclic amines) is 1. The first kappa shape index (κ1) is 14.8. The fourth-order valence-corrected chi connectivity index (χ4v) is 3.12. The first-order valence-corrected chi connectivity index (χ1v) is 7.83. The quantitative estimate of drug-likeness (QED) is 0.802. The molecule has 1 heterocycles. The summed E-state index contributed by atoms with van der Waals surface area (Å²) in [4.78, 5) is 2.58. The standard InChI is InChI=1S/C16H25ClN2/c1-2-18-9-8-14-6-4-10-19(12-14)13-15-5-3-7-16(17)11-15/h3,5,7,11,14,18H,2,4,6,8-10,12-13H2,1H3. The molecule has 1 aliphatic rings. The van der Waals surface area contributed by atoms with Gasteiger partial charge in [0.1, 0.15) is 0 Å². The van der Waals surface area contributed by atoms with Crippen LogP contribution in [0.25, 0.3) is 0 Å². The van der Waals surface area contributed by atoms with Gasteiger partial charge in [-0.05, 0) is 62.5 Å². The number of rotatable bonds is 6. The van der Waals surface area contributed by atoms with Crippen LogP contribution in [0.5, 0.6) is 0 Å². The lowest BCUT2D eigenvalue weighted by Crippen LogP contribution is -2.36. The van der Waals surface area contributed by atoms with Crippen LogP contribution in [-0.4, -0.2) is 31.1 Å². The van der Waals surface area contributed by atoms with Crippen molar-refractivity contribution in [1.82, 2.24) is 10.2 Å². The van der Waals surface area contributed by atoms with Crippen molar-refractivity contribution in [2.75, 3.05) is 26.2 Å². The molecule has 1 aliphatic heterocycles. The molecule has 106 valence electrons. The zero-order chi connectivity index (χ0) is 13.5. The van der Waals surface area contributed by atoms with Crippen LogP contribution in [0.3, 0.4) is 0 Å². The molecule has 0 radical (unpaired) electrons. The van der Waals surface area contributed by atoms with E-state index in [-0.39, 0.29) is 0 Å². The van der Waals surface area contributed by atoms with Crippen LogP contribution >= 0.6 is 11.6 Å². The number of hydrogen-bond acceptors (Lipinski definition) is 2. The van der Waals surface area contributed by atoms with Gasteiger partial charge in [-0.15, -0.1) is 0 Å². The largest absolute Gasteiger partial charge is 0.317 e. The Hall–Kier alpha value is -0.570. The van der Waals surface area contributed by atoms with Crippen molar-refractivity contribution < 1.29 is 0 Å². The monoisotopic (exact) mass is 280 g/mol. The molecule has 0 aliphatic carbocycles. The van der Waals surface area contributed by atoms with Crippen LogP contribution in [0.4, 0.5) is 0 Å². The van der Waals surface area contributed by atoms with Crippen LogP contribution in [0, 0.1) is 5.92 Å². The molecular formula is C16H25ClN2. The number of nitrogens with one attached hydrogen (secondary N) is 1. The zero-order valence-corrected chi connectivity index (χ0v) is 12.6. The minimum atomic E-state index is 0.846. The smallest absolute Gasteiger partial charge is 0.0409 e. The van der Waals surface area contributed by atoms with Gasteiger partial charge in [-0.2, -0.15) is 0 Å². The van der Waals surface area contributed by atoms with E-state index in [9.17, 15) is 0 Å². The van der Waals surface area contributed by atoms with Gasteiger partial charge in [-0.3, -0.25) is 4.90 Å². The third-order valence-electron chi connectivity index (χ3n) is 3.88. The van der Waals surface area contributed by atoms with Crippen molar-refractivity contribution in [2.24, 2.45) is 5.92 Å². The molecule has 1 aromatic rings. The summed E-state index contributed by atoms with van der Waals surface area (Å²) in [7, 11) is 0. The van der Waals surface area contributed by atoms with Gasteiger partial charge >= 0.3 is 0 Å². The molecule has 19 heavy (non-hydrogen) atoms. The summed E-state index contributed by atoms with van der Waals surface area (Å²) in [6.45, 7) is 7.91. The van der Waals surface area contributed by atoms with Crippen LogP contribution in [-0.2, 0) is 6.54 Å². The first-order chi connectivity index (χ1) is 9.28. The molecule has 0 bridgehead atoms. The van der Waals surface area contributed by atoms with E-state index in [1.165, 1.54) is 37.9 Å². The molecule has 2 nitrogen and oxygen atoms in total. The third kappa shape index (κ3) is 5.13. The molecule has 0 amide bonds. The van der Waals surface area contributed by atoms with Crippen molar-refractivity contribution in [3.05, 3.63) is 34.9 Å². The summed E-state index contributed by atoms with van der Waals surface area (Å²) in [5, 5.41) is 4.28. The molecule has 1 atom stereocenters. The summed E-state index contributed by atoms with van der Waals surface area (Å²) in [6, 6.07) is 8.25. The maximum absolute atomic E-state index is 6.05. The van der Waals surface area contributed by atoms with Crippen LogP contribution in [0.1, 0.15) is 31.7 Å². The van der Waals surface area contributed by atoms with Crippen molar-refractivity contribution in [1.29, 1.82) is 0 Å². The molecule has 1 aromatic carbocycles. The summed E-state index contributed by atoms with van der Waals surface area (Å²) >= 11 is 6.05. The van der Waals surface area contributed by atoms with Crippen molar-refractivity contribution in [2.45, 2.75) is 32.7 Å². The van der Waals surface area contributed by atoms with Gasteiger partial charge in [0.25, 0.3) is 0 Å². The predicted octanol–water partition coefficient (Wildman–Crippen LogP) is 3.55. The van der Waals surface area contributed by atoms with Gasteiger partial charge in [-0.1, -0.05) is 30.7 Å². The predicted molar refractivity (Wildman–Crippen MR) is 82.6 cm³/mol. The van der Waals surface area contributed by atoms with E-state index in [2.05, 4.69) is 29.3 Å². The highest BCUT2D eigenvalue weighted by Gasteiger charge is 2.19. The van der Waals surface area contributed by atoms with Gasteiger partial charge in [0.05, 0.1) is 0 Å². The van der Waals surface area contributed by atoms with E-state index in [0.29, 0.717) is 0 Å². The van der Waals surface area contributed by atoms with Crippen LogP contribution in [0.2, 0.25) is 5.02 Å². The number of benzene rings is 1. The summed E-state index contributed by atoms with van der Waals surface area (Å²) in [6.07, 6.45) is 4.02. The van der Waals surface area contributed by atoms with E-state index in [1.807, 2.05) is 12.1 Å². The highest BCUT2D eigenvalue weighted by atomic mass is 35.5. The zero-order valence-electron chi connectivity index (χ0n) is 11.9. The second-order valence-corrected chi connectivity index (χ2v) is 5.95. The van der Waals surface area contributed by atoms with Crippen molar-refractivity contribution >= 4 is 11.6 Å². The molecule has 1 unspecified atom stereocenters. The normalized spacial score (nSPS) is 20.6. The lowest BCUT2D eigenvalue weighted by molar-refractivity contribution is 0.161. The minimum Gasteiger partial charge on any atom is -0.317 e. The van der Waals surface area contributed by atoms with Crippen LogP contribution < -0.4 is 5.32 Å². The molecule has 3 heteroatoms. The molecule has 0 spiro atoms. The Bertz CT molecular complexity index is 381. The molecule has 1 saturated heterocycles. The second-order valence-electron chi connectivity index (χ2n) is 5.52. The van der Waals surface area contributed by atoms with Crippen molar-refractivity contribution in [3.63, 3.8) is 0 Å². The minimum absolute atomic E-state index is 0.846. The summed E-state index contributed by atoms with van der Waals surface area (Å²) < 4.78 is 0. The molecule has 0 saturated carbocycles. The Balaban J connectivity index is 1.80. The molecule has 1 fully saturated rings. The molecular weight excluding hydrogens is 256 g/mol. The van der Waals surface area contributed by atoms with E-state index in [0.717, 1.165) is 30.6 Å². The highest BCUT2D eigenvalue weighted by Crippen LogP contribution is 2.21. The Morgan fingerprint density at radius 2 is 2.32 bits per heavy atom. The van der Waals surface area contributed by atoms with Gasteiger partial charge in [0.15, 0.2) is 0 Å². The van der Waals surface area contributed by atoms with Crippen molar-refractivity contribution in [3.8, 4) is 0 Å². The van der Waals surface area contributed by atoms with Gasteiger partial charge in [0, 0.05) is 18.1 Å². The Morgan fingerprint density at radius 1 is 1.42 bits per heavy atom. The van der Waals surface area contributed by atoms with E-state index in [4.69, 9.17) is 11.6 Å². The number of nitrogens with zero attached hydrogens (tertiary/aromatic N) is 1. The maximum atomic E-state index is 6.05. The fourth-order valence-electron chi connectivity index (χ4n) is 2.91. The SMILES string of the molecule is CCNCCC1CCCN(Cc2cccc(Cl)c2)C1. The Labute approximate surface area is 122 Å². The first-order valence-electron chi connectivity index (χ1n) is 7.45. The lowest BCUT2D eigenvalue weighted by Gasteiger charge is -2.32. The van der Waals surface area contributed by atoms with E-state index in [1.54, 1.807) is 0 Å². The molecule has 0 aromatic heterocycles. The third-order valence-corrected chi connectivity index (χ3v) is 4.11. The number of piperidine rings is 1. The van der Waals surface area contributed by atoms with Gasteiger partial charge in [-0.25, -0.2) is 0 Å². The average Bonchev–Trinajstić information content (AvgIpc) is 2.39. The number of hydrogen-bond donors (Lipinski definition) is 1. The summed E-state index contributed by atoms with van der Waals surface area (Å²) in [5.41, 5.74) is 1.33. The summed E-state index contributed by atoms with van der Waals surface area (Å²) in [5.74, 6) is 0.854. The second kappa shape index (κ2) is 7.88. The van der Waals surface area contributed by atoms with Crippen LogP contribution in [0.15, 0.2) is 24.3 Å². The van der Waals surface area contributed by atoms with E-state index < -0.39 is 0 Å². The maximum Gasteiger partial charge on any atom is 0.0409 e. The van der Waals surface area contributed by atoms with Gasteiger partial charge < -0.3 is 5.32 Å². The molecule has 2 rings (SSSR count). The Kier molecular flexibility index (Phi) is 6.15. The molecule has 1 N–H and O–H groups in total. The van der Waals surface area contributed by atoms with Gasteiger partial charge in [0.2, 0.25) is 0 Å². The van der Waals surface area contributed by atoms with E-state index >= 15 is 0 Å². The Morgan fingerprint density at radius 3 is 3.11 bits per heavy atom. The fraction of sp³-hybridized carbons (Fsp3) is 0.625. The average molecular weight is 281 g/mol. The lowest BCUT2D eigenvalue weighted by atomic mass is 9.94.